The van der Waals surface area contributed by atoms with Gasteiger partial charge < -0.3 is 14.5 Å². The van der Waals surface area contributed by atoms with E-state index in [0.717, 1.165) is 5.56 Å². The summed E-state index contributed by atoms with van der Waals surface area (Å²) in [6.45, 7) is 6.00. The molecule has 0 aliphatic rings. The van der Waals surface area contributed by atoms with Gasteiger partial charge in [-0.2, -0.15) is 0 Å². The normalized spacial score (nSPS) is 10.5. The number of nitrogens with zero attached hydrogens (tertiary/aromatic N) is 2. The number of rotatable bonds is 3. The second-order valence-corrected chi connectivity index (χ2v) is 4.36. The molecule has 0 aliphatic carbocycles. The van der Waals surface area contributed by atoms with Crippen molar-refractivity contribution in [1.82, 2.24) is 5.16 Å². The molecule has 0 saturated carbocycles. The van der Waals surface area contributed by atoms with Crippen LogP contribution in [0.3, 0.4) is 0 Å². The number of anilines is 1. The number of aromatic hydroxyl groups is 1. The second kappa shape index (κ2) is 5.14. The van der Waals surface area contributed by atoms with Crippen molar-refractivity contribution in [2.75, 3.05) is 11.4 Å². The summed E-state index contributed by atoms with van der Waals surface area (Å²) >= 11 is 0. The van der Waals surface area contributed by atoms with Crippen LogP contribution in [-0.2, 0) is 0 Å². The number of phenols is 1. The van der Waals surface area contributed by atoms with Gasteiger partial charge in [0.1, 0.15) is 5.75 Å². The fourth-order valence-electron chi connectivity index (χ4n) is 1.93. The van der Waals surface area contributed by atoms with Gasteiger partial charge >= 0.3 is 0 Å². The van der Waals surface area contributed by atoms with Crippen LogP contribution in [0, 0.1) is 13.8 Å². The minimum atomic E-state index is -0.258. The predicted octanol–water partition coefficient (Wildman–Crippen LogP) is 2.66. The van der Waals surface area contributed by atoms with Crippen molar-refractivity contribution >= 4 is 11.6 Å². The van der Waals surface area contributed by atoms with Gasteiger partial charge in [-0.3, -0.25) is 4.79 Å². The van der Waals surface area contributed by atoms with Gasteiger partial charge in [0.05, 0.1) is 11.9 Å². The molecule has 2 aromatic rings. The van der Waals surface area contributed by atoms with Crippen molar-refractivity contribution in [1.29, 1.82) is 0 Å². The lowest BCUT2D eigenvalue weighted by Gasteiger charge is -2.22. The summed E-state index contributed by atoms with van der Waals surface area (Å²) in [5, 5.41) is 13.2. The zero-order chi connectivity index (χ0) is 14.0. The van der Waals surface area contributed by atoms with E-state index in [1.165, 1.54) is 6.20 Å². The van der Waals surface area contributed by atoms with Gasteiger partial charge in [0.25, 0.3) is 5.91 Å². The zero-order valence-corrected chi connectivity index (χ0v) is 11.2. The van der Waals surface area contributed by atoms with Crippen molar-refractivity contribution in [2.45, 2.75) is 20.8 Å². The Balaban J connectivity index is 2.43. The number of aromatic nitrogens is 1. The summed E-state index contributed by atoms with van der Waals surface area (Å²) < 4.78 is 5.00. The molecule has 1 heterocycles. The zero-order valence-electron chi connectivity index (χ0n) is 11.2. The van der Waals surface area contributed by atoms with Crippen LogP contribution in [0.1, 0.15) is 28.6 Å². The lowest BCUT2D eigenvalue weighted by molar-refractivity contribution is 0.0951. The maximum Gasteiger partial charge on any atom is 0.297 e. The highest BCUT2D eigenvalue weighted by Crippen LogP contribution is 2.26. The van der Waals surface area contributed by atoms with Crippen LogP contribution < -0.4 is 4.90 Å². The second-order valence-electron chi connectivity index (χ2n) is 4.36. The molecule has 5 nitrogen and oxygen atoms in total. The van der Waals surface area contributed by atoms with E-state index in [9.17, 15) is 9.90 Å². The van der Waals surface area contributed by atoms with E-state index in [4.69, 9.17) is 4.52 Å². The molecule has 0 radical (unpaired) electrons. The number of hydrogen-bond acceptors (Lipinski definition) is 4. The fraction of sp³-hybridized carbons (Fsp3) is 0.286. The maximum absolute atomic E-state index is 12.4. The third-order valence-corrected chi connectivity index (χ3v) is 2.99. The number of aryl methyl sites for hydroxylation is 2. The van der Waals surface area contributed by atoms with E-state index >= 15 is 0 Å². The van der Waals surface area contributed by atoms with Crippen molar-refractivity contribution < 1.29 is 14.4 Å². The maximum atomic E-state index is 12.4. The molecule has 0 unspecified atom stereocenters. The van der Waals surface area contributed by atoms with Gasteiger partial charge in [-0.25, -0.2) is 0 Å². The lowest BCUT2D eigenvalue weighted by atomic mass is 10.1. The van der Waals surface area contributed by atoms with Crippen LogP contribution in [0.2, 0.25) is 0 Å². The average molecular weight is 260 g/mol. The number of amides is 1. The van der Waals surface area contributed by atoms with Gasteiger partial charge in [-0.05, 0) is 32.4 Å². The molecule has 0 fully saturated rings. The van der Waals surface area contributed by atoms with Crippen LogP contribution in [0.15, 0.2) is 28.9 Å². The molecule has 1 amide bonds. The highest BCUT2D eigenvalue weighted by molar-refractivity contribution is 6.05. The van der Waals surface area contributed by atoms with Crippen LogP contribution >= 0.6 is 0 Å². The molecular weight excluding hydrogens is 244 g/mol. The lowest BCUT2D eigenvalue weighted by Crippen LogP contribution is -2.31. The molecule has 1 aromatic heterocycles. The van der Waals surface area contributed by atoms with Crippen LogP contribution in [0.4, 0.5) is 5.69 Å². The monoisotopic (exact) mass is 260 g/mol. The SMILES string of the molecule is CCN(C(=O)c1oncc1C)c1cc(O)ccc1C. The van der Waals surface area contributed by atoms with Crippen molar-refractivity contribution in [3.8, 4) is 5.75 Å². The third-order valence-electron chi connectivity index (χ3n) is 2.99. The summed E-state index contributed by atoms with van der Waals surface area (Å²) in [5.74, 6) is 0.0944. The van der Waals surface area contributed by atoms with E-state index in [1.54, 1.807) is 30.0 Å². The standard InChI is InChI=1S/C14H16N2O3/c1-4-16(12-7-11(17)6-5-9(12)2)14(18)13-10(3)8-15-19-13/h5-8,17H,4H2,1-3H3. The number of phenolic OH excluding ortho intramolecular Hbond substituents is 1. The number of hydrogen-bond donors (Lipinski definition) is 1. The Kier molecular flexibility index (Phi) is 3.55. The largest absolute Gasteiger partial charge is 0.508 e. The first-order chi connectivity index (χ1) is 9.04. The van der Waals surface area contributed by atoms with Crippen LogP contribution in [-0.4, -0.2) is 22.7 Å². The van der Waals surface area contributed by atoms with Crippen LogP contribution in [0.5, 0.6) is 5.75 Å². The summed E-state index contributed by atoms with van der Waals surface area (Å²) in [6, 6.07) is 4.94. The molecule has 0 saturated heterocycles. The predicted molar refractivity (Wildman–Crippen MR) is 71.4 cm³/mol. The average Bonchev–Trinajstić information content (AvgIpc) is 2.80. The molecule has 0 spiro atoms. The molecule has 100 valence electrons. The molecule has 1 N–H and O–H groups in total. The third kappa shape index (κ3) is 2.45. The van der Waals surface area contributed by atoms with Gasteiger partial charge in [-0.1, -0.05) is 11.2 Å². The van der Waals surface area contributed by atoms with E-state index in [0.29, 0.717) is 17.8 Å². The fourth-order valence-corrected chi connectivity index (χ4v) is 1.93. The first-order valence-corrected chi connectivity index (χ1v) is 6.07. The Bertz CT molecular complexity index is 604. The molecule has 2 rings (SSSR count). The van der Waals surface area contributed by atoms with Gasteiger partial charge in [0, 0.05) is 18.2 Å². The Hall–Kier alpha value is -2.30. The number of carbonyl (C=O) groups is 1. The Labute approximate surface area is 111 Å². The highest BCUT2D eigenvalue weighted by Gasteiger charge is 2.23. The number of carbonyl (C=O) groups excluding carboxylic acids is 1. The summed E-state index contributed by atoms with van der Waals surface area (Å²) in [6.07, 6.45) is 1.51. The summed E-state index contributed by atoms with van der Waals surface area (Å²) in [4.78, 5) is 14.0. The first kappa shape index (κ1) is 13.1. The van der Waals surface area contributed by atoms with Crippen molar-refractivity contribution in [2.24, 2.45) is 0 Å². The molecule has 19 heavy (non-hydrogen) atoms. The molecule has 0 bridgehead atoms. The van der Waals surface area contributed by atoms with E-state index in [2.05, 4.69) is 5.16 Å². The van der Waals surface area contributed by atoms with Gasteiger partial charge in [0.2, 0.25) is 5.76 Å². The smallest absolute Gasteiger partial charge is 0.297 e. The Morgan fingerprint density at radius 1 is 1.37 bits per heavy atom. The molecule has 5 heteroatoms. The molecule has 1 aromatic carbocycles. The summed E-state index contributed by atoms with van der Waals surface area (Å²) in [7, 11) is 0. The van der Waals surface area contributed by atoms with E-state index in [1.807, 2.05) is 13.8 Å². The van der Waals surface area contributed by atoms with Gasteiger partial charge in [-0.15, -0.1) is 0 Å². The number of benzene rings is 1. The molecule has 0 aliphatic heterocycles. The Morgan fingerprint density at radius 3 is 2.68 bits per heavy atom. The van der Waals surface area contributed by atoms with Crippen LogP contribution in [0.25, 0.3) is 0 Å². The Morgan fingerprint density at radius 2 is 2.11 bits per heavy atom. The minimum absolute atomic E-state index is 0.126. The highest BCUT2D eigenvalue weighted by atomic mass is 16.5. The van der Waals surface area contributed by atoms with E-state index in [-0.39, 0.29) is 17.4 Å². The minimum Gasteiger partial charge on any atom is -0.508 e. The van der Waals surface area contributed by atoms with E-state index < -0.39 is 0 Å². The van der Waals surface area contributed by atoms with Crippen molar-refractivity contribution in [3.05, 3.63) is 41.3 Å². The topological polar surface area (TPSA) is 66.6 Å². The molecular formula is C14H16N2O3. The van der Waals surface area contributed by atoms with Gasteiger partial charge in [0.15, 0.2) is 0 Å². The summed E-state index contributed by atoms with van der Waals surface area (Å²) in [5.41, 5.74) is 2.27. The molecule has 0 atom stereocenters. The van der Waals surface area contributed by atoms with Crippen molar-refractivity contribution in [3.63, 3.8) is 0 Å². The quantitative estimate of drug-likeness (QED) is 0.921. The first-order valence-electron chi connectivity index (χ1n) is 6.07.